The Hall–Kier alpha value is -2.13. The van der Waals surface area contributed by atoms with Gasteiger partial charge in [0.1, 0.15) is 0 Å². The molecule has 174 valence electrons. The van der Waals surface area contributed by atoms with E-state index in [1.165, 1.54) is 0 Å². The van der Waals surface area contributed by atoms with Gasteiger partial charge in [0.2, 0.25) is 15.9 Å². The number of urea groups is 1. The fourth-order valence-electron chi connectivity index (χ4n) is 6.04. The van der Waals surface area contributed by atoms with Crippen molar-refractivity contribution in [1.82, 2.24) is 19.4 Å². The molecule has 9 heteroatoms. The van der Waals surface area contributed by atoms with Gasteiger partial charge in [-0.15, -0.1) is 0 Å². The number of nitrogens with one attached hydrogen (secondary N) is 1. The van der Waals surface area contributed by atoms with Crippen molar-refractivity contribution < 1.29 is 18.0 Å². The Kier molecular flexibility index (Phi) is 5.88. The molecule has 4 aliphatic heterocycles. The van der Waals surface area contributed by atoms with E-state index in [0.29, 0.717) is 56.8 Å². The summed E-state index contributed by atoms with van der Waals surface area (Å²) in [5.74, 6) is 1.04. The van der Waals surface area contributed by atoms with Crippen LogP contribution < -0.4 is 4.72 Å². The van der Waals surface area contributed by atoms with Gasteiger partial charge in [-0.1, -0.05) is 18.2 Å². The molecule has 2 unspecified atom stereocenters. The summed E-state index contributed by atoms with van der Waals surface area (Å²) in [6.45, 7) is 3.34. The molecule has 1 aromatic carbocycles. The van der Waals surface area contributed by atoms with Crippen molar-refractivity contribution in [3.63, 3.8) is 0 Å². The number of hydrogen-bond acceptors (Lipinski definition) is 4. The lowest BCUT2D eigenvalue weighted by Gasteiger charge is -2.53. The summed E-state index contributed by atoms with van der Waals surface area (Å²) in [4.78, 5) is 31.8. The molecule has 4 saturated heterocycles. The summed E-state index contributed by atoms with van der Waals surface area (Å²) in [5.41, 5.74) is 0. The first-order valence-electron chi connectivity index (χ1n) is 11.8. The number of piperidine rings is 4. The number of nitrogens with zero attached hydrogens (tertiary/aromatic N) is 3. The maximum atomic E-state index is 13.3. The summed E-state index contributed by atoms with van der Waals surface area (Å²) in [7, 11) is -3.54. The van der Waals surface area contributed by atoms with Crippen molar-refractivity contribution in [1.29, 1.82) is 0 Å². The maximum absolute atomic E-state index is 13.3. The van der Waals surface area contributed by atoms with E-state index in [-0.39, 0.29) is 22.9 Å². The number of sulfonamides is 1. The molecule has 4 aliphatic rings. The first-order valence-corrected chi connectivity index (χ1v) is 13.3. The van der Waals surface area contributed by atoms with Gasteiger partial charge in [0.05, 0.1) is 4.90 Å². The van der Waals surface area contributed by atoms with Crippen molar-refractivity contribution in [2.24, 2.45) is 11.8 Å². The molecule has 4 heterocycles. The van der Waals surface area contributed by atoms with Crippen molar-refractivity contribution in [3.05, 3.63) is 30.3 Å². The van der Waals surface area contributed by atoms with Gasteiger partial charge in [0.15, 0.2) is 0 Å². The number of rotatable bonds is 3. The molecule has 0 spiro atoms. The van der Waals surface area contributed by atoms with Crippen LogP contribution in [0.3, 0.4) is 0 Å². The van der Waals surface area contributed by atoms with Crippen LogP contribution in [0.2, 0.25) is 0 Å². The van der Waals surface area contributed by atoms with Gasteiger partial charge in [-0.05, 0) is 56.1 Å². The summed E-state index contributed by atoms with van der Waals surface area (Å²) in [5, 5.41) is 0. The molecule has 2 bridgehead atoms. The highest BCUT2D eigenvalue weighted by Crippen LogP contribution is 2.38. The van der Waals surface area contributed by atoms with E-state index in [1.54, 1.807) is 30.3 Å². The number of hydrogen-bond donors (Lipinski definition) is 1. The molecule has 32 heavy (non-hydrogen) atoms. The van der Waals surface area contributed by atoms with E-state index in [2.05, 4.69) is 9.62 Å². The monoisotopic (exact) mass is 460 g/mol. The lowest BCUT2D eigenvalue weighted by atomic mass is 9.76. The molecule has 0 saturated carbocycles. The zero-order valence-electron chi connectivity index (χ0n) is 18.4. The second kappa shape index (κ2) is 8.67. The zero-order chi connectivity index (χ0) is 22.3. The molecule has 1 aromatic rings. The maximum Gasteiger partial charge on any atom is 0.320 e. The molecular formula is C23H32N4O4S. The Balaban J connectivity index is 1.16. The first kappa shape index (κ1) is 21.7. The number of fused-ring (bicyclic) bond motifs is 4. The van der Waals surface area contributed by atoms with Crippen LogP contribution in [0, 0.1) is 11.8 Å². The van der Waals surface area contributed by atoms with E-state index in [0.717, 1.165) is 32.4 Å². The minimum atomic E-state index is -3.54. The highest BCUT2D eigenvalue weighted by molar-refractivity contribution is 7.89. The summed E-state index contributed by atoms with van der Waals surface area (Å²) in [6.07, 6.45) is 5.02. The van der Waals surface area contributed by atoms with Crippen LogP contribution in [0.15, 0.2) is 35.2 Å². The smallest absolute Gasteiger partial charge is 0.320 e. The van der Waals surface area contributed by atoms with Crippen LogP contribution in [0.5, 0.6) is 0 Å². The van der Waals surface area contributed by atoms with E-state index >= 15 is 0 Å². The van der Waals surface area contributed by atoms with Crippen LogP contribution in [-0.4, -0.2) is 79.9 Å². The fraction of sp³-hybridized carbons (Fsp3) is 0.652. The Morgan fingerprint density at radius 3 is 2.47 bits per heavy atom. The summed E-state index contributed by atoms with van der Waals surface area (Å²) < 4.78 is 28.0. The first-order chi connectivity index (χ1) is 15.4. The average Bonchev–Trinajstić information content (AvgIpc) is 2.80. The Morgan fingerprint density at radius 1 is 0.969 bits per heavy atom. The molecule has 3 amide bonds. The topological polar surface area (TPSA) is 90.0 Å². The Labute approximate surface area is 190 Å². The van der Waals surface area contributed by atoms with E-state index < -0.39 is 10.0 Å². The Bertz CT molecular complexity index is 961. The normalized spacial score (nSPS) is 29.1. The minimum absolute atomic E-state index is 0.0691. The van der Waals surface area contributed by atoms with Crippen LogP contribution in [-0.2, 0) is 14.8 Å². The van der Waals surface area contributed by atoms with E-state index in [1.807, 2.05) is 9.80 Å². The summed E-state index contributed by atoms with van der Waals surface area (Å²) in [6, 6.07) is 8.61. The number of benzene rings is 1. The second-order valence-electron chi connectivity index (χ2n) is 9.75. The SMILES string of the molecule is O=C(N1CCC(NS(=O)(=O)c2ccccc2)CC1)N1CC2CC(C1)[C@H]1CCCC(=O)N1C2. The number of likely N-dealkylation sites (tertiary alicyclic amines) is 2. The lowest BCUT2D eigenvalue weighted by molar-refractivity contribution is -0.144. The third kappa shape index (κ3) is 4.24. The van der Waals surface area contributed by atoms with Crippen LogP contribution in [0.25, 0.3) is 0 Å². The zero-order valence-corrected chi connectivity index (χ0v) is 19.2. The predicted octanol–water partition coefficient (Wildman–Crippen LogP) is 1.88. The summed E-state index contributed by atoms with van der Waals surface area (Å²) >= 11 is 0. The molecule has 0 aliphatic carbocycles. The van der Waals surface area contributed by atoms with Gasteiger partial charge in [0, 0.05) is 51.2 Å². The van der Waals surface area contributed by atoms with Crippen molar-refractivity contribution in [2.75, 3.05) is 32.7 Å². The fourth-order valence-corrected chi connectivity index (χ4v) is 7.37. The van der Waals surface area contributed by atoms with Gasteiger partial charge in [0.25, 0.3) is 0 Å². The molecule has 1 N–H and O–H groups in total. The third-order valence-corrected chi connectivity index (χ3v) is 9.13. The number of carbonyl (C=O) groups is 2. The third-order valence-electron chi connectivity index (χ3n) is 7.59. The minimum Gasteiger partial charge on any atom is -0.339 e. The molecule has 0 radical (unpaired) electrons. The van der Waals surface area contributed by atoms with Crippen molar-refractivity contribution in [3.8, 4) is 0 Å². The molecule has 4 fully saturated rings. The standard InChI is InChI=1S/C23H32N4O4S/c28-22-8-4-7-21-18-13-17(15-27(21)22)14-26(16-18)23(29)25-11-9-19(10-12-25)24-32(30,31)20-5-2-1-3-6-20/h1-3,5-6,17-19,21,24H,4,7-16H2/t17?,18?,21-/m1/s1. The highest BCUT2D eigenvalue weighted by atomic mass is 32.2. The van der Waals surface area contributed by atoms with Crippen LogP contribution in [0.1, 0.15) is 38.5 Å². The van der Waals surface area contributed by atoms with Crippen molar-refractivity contribution in [2.45, 2.75) is 55.5 Å². The lowest BCUT2D eigenvalue weighted by Crippen LogP contribution is -2.62. The number of carbonyl (C=O) groups excluding carboxylic acids is 2. The van der Waals surface area contributed by atoms with Gasteiger partial charge < -0.3 is 14.7 Å². The molecule has 3 atom stereocenters. The predicted molar refractivity (Wildman–Crippen MR) is 119 cm³/mol. The largest absolute Gasteiger partial charge is 0.339 e. The van der Waals surface area contributed by atoms with Crippen LogP contribution in [0.4, 0.5) is 4.79 Å². The van der Waals surface area contributed by atoms with E-state index in [9.17, 15) is 18.0 Å². The van der Waals surface area contributed by atoms with Crippen molar-refractivity contribution >= 4 is 22.0 Å². The average molecular weight is 461 g/mol. The van der Waals surface area contributed by atoms with Gasteiger partial charge in [-0.3, -0.25) is 4.79 Å². The molecular weight excluding hydrogens is 428 g/mol. The molecule has 8 nitrogen and oxygen atoms in total. The number of amides is 3. The van der Waals surface area contributed by atoms with Gasteiger partial charge in [-0.25, -0.2) is 17.9 Å². The van der Waals surface area contributed by atoms with E-state index in [4.69, 9.17) is 0 Å². The Morgan fingerprint density at radius 2 is 1.72 bits per heavy atom. The molecule has 0 aromatic heterocycles. The van der Waals surface area contributed by atoms with Gasteiger partial charge >= 0.3 is 6.03 Å². The second-order valence-corrected chi connectivity index (χ2v) is 11.5. The highest BCUT2D eigenvalue weighted by Gasteiger charge is 2.45. The molecule has 5 rings (SSSR count). The van der Waals surface area contributed by atoms with Crippen LogP contribution >= 0.6 is 0 Å². The quantitative estimate of drug-likeness (QED) is 0.746. The van der Waals surface area contributed by atoms with Gasteiger partial charge in [-0.2, -0.15) is 0 Å².